The highest BCUT2D eigenvalue weighted by molar-refractivity contribution is 5.99. The molecule has 0 saturated heterocycles. The first-order chi connectivity index (χ1) is 13.5. The van der Waals surface area contributed by atoms with E-state index in [1.54, 1.807) is 7.11 Å². The van der Waals surface area contributed by atoms with Crippen molar-refractivity contribution in [2.45, 2.75) is 38.5 Å². The van der Waals surface area contributed by atoms with Crippen LogP contribution in [0.2, 0.25) is 0 Å². The van der Waals surface area contributed by atoms with Crippen LogP contribution in [0.3, 0.4) is 0 Å². The van der Waals surface area contributed by atoms with Crippen molar-refractivity contribution in [2.24, 2.45) is 5.92 Å². The molecule has 1 atom stereocenters. The van der Waals surface area contributed by atoms with E-state index in [2.05, 4.69) is 5.32 Å². The highest BCUT2D eigenvalue weighted by Crippen LogP contribution is 2.37. The number of nitrogens with zero attached hydrogens (tertiary/aromatic N) is 1. The van der Waals surface area contributed by atoms with E-state index in [4.69, 9.17) is 4.74 Å². The molecule has 0 spiro atoms. The van der Waals surface area contributed by atoms with Gasteiger partial charge < -0.3 is 15.0 Å². The molecular weight excluding hydrogens is 352 g/mol. The minimum Gasteiger partial charge on any atom is -0.497 e. The fourth-order valence-electron chi connectivity index (χ4n) is 3.78. The Labute approximate surface area is 165 Å². The lowest BCUT2D eigenvalue weighted by molar-refractivity contribution is -0.119. The maximum Gasteiger partial charge on any atom is 0.230 e. The van der Waals surface area contributed by atoms with Crippen LogP contribution in [0.5, 0.6) is 5.75 Å². The Balaban J connectivity index is 1.40. The Morgan fingerprint density at radius 1 is 1.18 bits per heavy atom. The van der Waals surface area contributed by atoms with E-state index in [1.165, 1.54) is 5.56 Å². The summed E-state index contributed by atoms with van der Waals surface area (Å²) in [5.41, 5.74) is 3.99. The number of fused-ring (bicyclic) bond motifs is 1. The number of carbonyl (C=O) groups is 2. The molecule has 146 valence electrons. The molecule has 1 aliphatic heterocycles. The number of benzene rings is 2. The first-order valence-electron chi connectivity index (χ1n) is 9.93. The number of hydrogen-bond acceptors (Lipinski definition) is 3. The third-order valence-corrected chi connectivity index (χ3v) is 5.63. The number of hydrogen-bond donors (Lipinski definition) is 1. The van der Waals surface area contributed by atoms with E-state index >= 15 is 0 Å². The standard InChI is InChI=1S/C23H26N2O3/c1-15(16-6-9-20(28-2)10-7-16)13-22(26)24-19-8-5-17-11-12-25(21(17)14-19)23(27)18-3-4-18/h5-10,14-15,18H,3-4,11-13H2,1-2H3,(H,24,26). The topological polar surface area (TPSA) is 58.6 Å². The van der Waals surface area contributed by atoms with E-state index in [0.29, 0.717) is 6.42 Å². The summed E-state index contributed by atoms with van der Waals surface area (Å²) in [5, 5.41) is 3.00. The normalized spacial score (nSPS) is 16.4. The molecule has 0 bridgehead atoms. The lowest BCUT2D eigenvalue weighted by Gasteiger charge is -2.18. The van der Waals surface area contributed by atoms with Crippen molar-refractivity contribution in [1.82, 2.24) is 0 Å². The summed E-state index contributed by atoms with van der Waals surface area (Å²) in [7, 11) is 1.64. The molecule has 0 radical (unpaired) electrons. The van der Waals surface area contributed by atoms with Gasteiger partial charge in [-0.2, -0.15) is 0 Å². The number of carbonyl (C=O) groups excluding carboxylic acids is 2. The number of amides is 2. The summed E-state index contributed by atoms with van der Waals surface area (Å²) in [6.45, 7) is 2.79. The summed E-state index contributed by atoms with van der Waals surface area (Å²) >= 11 is 0. The van der Waals surface area contributed by atoms with E-state index in [0.717, 1.165) is 48.5 Å². The molecule has 1 saturated carbocycles. The monoisotopic (exact) mass is 378 g/mol. The van der Waals surface area contributed by atoms with Crippen LogP contribution in [0.15, 0.2) is 42.5 Å². The van der Waals surface area contributed by atoms with Crippen LogP contribution in [0.1, 0.15) is 43.2 Å². The fourth-order valence-corrected chi connectivity index (χ4v) is 3.78. The largest absolute Gasteiger partial charge is 0.497 e. The van der Waals surface area contributed by atoms with Crippen molar-refractivity contribution in [3.8, 4) is 5.75 Å². The lowest BCUT2D eigenvalue weighted by atomic mass is 9.97. The molecule has 28 heavy (non-hydrogen) atoms. The molecule has 2 aliphatic rings. The highest BCUT2D eigenvalue weighted by Gasteiger charge is 2.36. The molecule has 2 aromatic rings. The van der Waals surface area contributed by atoms with Crippen LogP contribution in [0.25, 0.3) is 0 Å². The van der Waals surface area contributed by atoms with E-state index in [9.17, 15) is 9.59 Å². The lowest BCUT2D eigenvalue weighted by Crippen LogP contribution is -2.30. The number of methoxy groups -OCH3 is 1. The number of anilines is 2. The molecule has 1 unspecified atom stereocenters. The smallest absolute Gasteiger partial charge is 0.230 e. The molecule has 1 N–H and O–H groups in total. The maximum atomic E-state index is 12.5. The zero-order valence-electron chi connectivity index (χ0n) is 16.4. The molecule has 0 aromatic heterocycles. The molecule has 1 aliphatic carbocycles. The van der Waals surface area contributed by atoms with Crippen LogP contribution in [-0.4, -0.2) is 25.5 Å². The Kier molecular flexibility index (Phi) is 5.07. The SMILES string of the molecule is COc1ccc(C(C)CC(=O)Nc2ccc3c(c2)N(C(=O)C2CC2)CC3)cc1. The van der Waals surface area contributed by atoms with Crippen molar-refractivity contribution < 1.29 is 14.3 Å². The Bertz CT molecular complexity index is 887. The minimum absolute atomic E-state index is 0.0265. The average molecular weight is 378 g/mol. The second-order valence-electron chi connectivity index (χ2n) is 7.78. The third-order valence-electron chi connectivity index (χ3n) is 5.63. The molecule has 5 nitrogen and oxygen atoms in total. The quantitative estimate of drug-likeness (QED) is 0.822. The minimum atomic E-state index is -0.0265. The van der Waals surface area contributed by atoms with E-state index in [1.807, 2.05) is 54.3 Å². The van der Waals surface area contributed by atoms with Gasteiger partial charge in [-0.3, -0.25) is 9.59 Å². The third kappa shape index (κ3) is 3.88. The molecular formula is C23H26N2O3. The molecule has 2 aromatic carbocycles. The first kappa shape index (κ1) is 18.5. The van der Waals surface area contributed by atoms with Gasteiger partial charge in [0.05, 0.1) is 7.11 Å². The first-order valence-corrected chi connectivity index (χ1v) is 9.93. The van der Waals surface area contributed by atoms with Gasteiger partial charge >= 0.3 is 0 Å². The Morgan fingerprint density at radius 2 is 1.93 bits per heavy atom. The molecule has 1 heterocycles. The Hall–Kier alpha value is -2.82. The zero-order chi connectivity index (χ0) is 19.7. The van der Waals surface area contributed by atoms with Crippen molar-refractivity contribution in [1.29, 1.82) is 0 Å². The van der Waals surface area contributed by atoms with Gasteiger partial charge in [-0.1, -0.05) is 25.1 Å². The van der Waals surface area contributed by atoms with Crippen LogP contribution >= 0.6 is 0 Å². The predicted molar refractivity (Wildman–Crippen MR) is 110 cm³/mol. The van der Waals surface area contributed by atoms with Gasteiger partial charge in [-0.25, -0.2) is 0 Å². The van der Waals surface area contributed by atoms with Crippen LogP contribution in [0.4, 0.5) is 11.4 Å². The maximum absolute atomic E-state index is 12.5. The second-order valence-corrected chi connectivity index (χ2v) is 7.78. The number of ether oxygens (including phenoxy) is 1. The summed E-state index contributed by atoms with van der Waals surface area (Å²) in [6.07, 6.45) is 3.29. The number of nitrogens with one attached hydrogen (secondary N) is 1. The van der Waals surface area contributed by atoms with Crippen molar-refractivity contribution in [3.05, 3.63) is 53.6 Å². The van der Waals surface area contributed by atoms with Crippen molar-refractivity contribution in [3.63, 3.8) is 0 Å². The predicted octanol–water partition coefficient (Wildman–Crippen LogP) is 4.13. The zero-order valence-corrected chi connectivity index (χ0v) is 16.4. The summed E-state index contributed by atoms with van der Waals surface area (Å²) in [4.78, 5) is 26.9. The van der Waals surface area contributed by atoms with Gasteiger partial charge in [0.15, 0.2) is 0 Å². The molecule has 4 rings (SSSR count). The molecule has 2 amide bonds. The Morgan fingerprint density at radius 3 is 2.61 bits per heavy atom. The highest BCUT2D eigenvalue weighted by atomic mass is 16.5. The van der Waals surface area contributed by atoms with Gasteiger partial charge in [-0.15, -0.1) is 0 Å². The van der Waals surface area contributed by atoms with Crippen LogP contribution in [0, 0.1) is 5.92 Å². The van der Waals surface area contributed by atoms with Crippen molar-refractivity contribution >= 4 is 23.2 Å². The van der Waals surface area contributed by atoms with Crippen LogP contribution < -0.4 is 15.0 Å². The van der Waals surface area contributed by atoms with Crippen molar-refractivity contribution in [2.75, 3.05) is 23.9 Å². The molecule has 1 fully saturated rings. The summed E-state index contributed by atoms with van der Waals surface area (Å²) < 4.78 is 5.18. The van der Waals surface area contributed by atoms with E-state index < -0.39 is 0 Å². The fraction of sp³-hybridized carbons (Fsp3) is 0.391. The van der Waals surface area contributed by atoms with Gasteiger partial charge in [-0.05, 0) is 60.6 Å². The summed E-state index contributed by atoms with van der Waals surface area (Å²) in [6, 6.07) is 13.7. The average Bonchev–Trinajstić information content (AvgIpc) is 3.47. The second kappa shape index (κ2) is 7.66. The van der Waals surface area contributed by atoms with Gasteiger partial charge in [0.25, 0.3) is 0 Å². The van der Waals surface area contributed by atoms with Gasteiger partial charge in [0, 0.05) is 30.3 Å². The summed E-state index contributed by atoms with van der Waals surface area (Å²) in [5.74, 6) is 1.32. The molecule has 5 heteroatoms. The van der Waals surface area contributed by atoms with Gasteiger partial charge in [0.2, 0.25) is 11.8 Å². The van der Waals surface area contributed by atoms with E-state index in [-0.39, 0.29) is 23.7 Å². The van der Waals surface area contributed by atoms with Gasteiger partial charge in [0.1, 0.15) is 5.75 Å². The van der Waals surface area contributed by atoms with Crippen LogP contribution in [-0.2, 0) is 16.0 Å². The number of rotatable bonds is 6.